The molecule has 248 valence electrons. The van der Waals surface area contributed by atoms with Gasteiger partial charge in [-0.2, -0.15) is 0 Å². The Morgan fingerprint density at radius 1 is 1.02 bits per heavy atom. The van der Waals surface area contributed by atoms with Gasteiger partial charge in [-0.3, -0.25) is 19.8 Å². The van der Waals surface area contributed by atoms with Crippen LogP contribution in [0.5, 0.6) is 5.75 Å². The van der Waals surface area contributed by atoms with Gasteiger partial charge in [-0.25, -0.2) is 21.6 Å². The zero-order valence-electron chi connectivity index (χ0n) is 25.2. The number of nitrogens with zero attached hydrogens (tertiary/aromatic N) is 1. The normalized spacial score (nSPS) is 18.2. The number of halogens is 4. The minimum absolute atomic E-state index is 0.0150. The van der Waals surface area contributed by atoms with Gasteiger partial charge < -0.3 is 10.1 Å². The molecule has 2 N–H and O–H groups in total. The largest absolute Gasteiger partial charge is 0.494 e. The maximum Gasteiger partial charge on any atom is 0.268 e. The summed E-state index contributed by atoms with van der Waals surface area (Å²) in [5.41, 5.74) is 0.732. The van der Waals surface area contributed by atoms with Gasteiger partial charge in [-0.05, 0) is 74.3 Å². The van der Waals surface area contributed by atoms with E-state index in [0.717, 1.165) is 11.3 Å². The maximum atomic E-state index is 14.0. The number of hydrogen-bond donors (Lipinski definition) is 2. The van der Waals surface area contributed by atoms with Crippen molar-refractivity contribution in [2.24, 2.45) is 0 Å². The Kier molecular flexibility index (Phi) is 10.5. The fourth-order valence-corrected chi connectivity index (χ4v) is 7.98. The van der Waals surface area contributed by atoms with Gasteiger partial charge in [0.25, 0.3) is 11.8 Å². The Morgan fingerprint density at radius 3 is 2.33 bits per heavy atom. The summed E-state index contributed by atoms with van der Waals surface area (Å²) in [7, 11) is -3.09. The number of sulfone groups is 1. The molecule has 0 saturated carbocycles. The van der Waals surface area contributed by atoms with Crippen LogP contribution in [0.4, 0.5) is 13.2 Å². The summed E-state index contributed by atoms with van der Waals surface area (Å²) in [5, 5.41) is 5.91. The molecule has 0 unspecified atom stereocenters. The maximum absolute atomic E-state index is 14.0. The number of thiophene rings is 1. The third-order valence-electron chi connectivity index (χ3n) is 8.41. The molecule has 8 nitrogen and oxygen atoms in total. The molecule has 0 atom stereocenters. The molecule has 0 spiro atoms. The molecule has 0 aliphatic carbocycles. The molecule has 46 heavy (non-hydrogen) atoms. The van der Waals surface area contributed by atoms with Gasteiger partial charge in [0, 0.05) is 48.2 Å². The molecule has 0 radical (unpaired) electrons. The number of imide groups is 1. The second-order valence-corrected chi connectivity index (χ2v) is 15.5. The number of carbonyl (C=O) groups is 2. The first-order valence-corrected chi connectivity index (χ1v) is 18.2. The molecular formula is C32H35ClF3N3O5S2. The van der Waals surface area contributed by atoms with Crippen molar-refractivity contribution in [3.63, 3.8) is 0 Å². The van der Waals surface area contributed by atoms with Gasteiger partial charge in [0.05, 0.1) is 22.3 Å². The fraction of sp³-hybridized carbons (Fsp3) is 0.438. The van der Waals surface area contributed by atoms with Crippen LogP contribution in [0, 0.1) is 5.82 Å². The number of rotatable bonds is 10. The van der Waals surface area contributed by atoms with Crippen LogP contribution in [0.1, 0.15) is 41.8 Å². The van der Waals surface area contributed by atoms with Crippen molar-refractivity contribution in [2.45, 2.75) is 43.6 Å². The second kappa shape index (κ2) is 14.0. The Hall–Kier alpha value is -2.97. The summed E-state index contributed by atoms with van der Waals surface area (Å²) in [6.45, 7) is 1.37. The van der Waals surface area contributed by atoms with Crippen LogP contribution in [0.2, 0.25) is 5.02 Å². The Bertz CT molecular complexity index is 1680. The van der Waals surface area contributed by atoms with Crippen LogP contribution in [-0.4, -0.2) is 81.4 Å². The first-order chi connectivity index (χ1) is 21.8. The smallest absolute Gasteiger partial charge is 0.268 e. The summed E-state index contributed by atoms with van der Waals surface area (Å²) in [4.78, 5) is 30.0. The van der Waals surface area contributed by atoms with Crippen LogP contribution in [0.25, 0.3) is 21.6 Å². The van der Waals surface area contributed by atoms with Crippen molar-refractivity contribution >= 4 is 44.6 Å². The zero-order chi connectivity index (χ0) is 33.1. The highest BCUT2D eigenvalue weighted by Gasteiger charge is 2.48. The number of alkyl halides is 2. The van der Waals surface area contributed by atoms with Crippen LogP contribution >= 0.6 is 22.9 Å². The summed E-state index contributed by atoms with van der Waals surface area (Å²) < 4.78 is 70.3. The number of ether oxygens (including phenoxy) is 1. The van der Waals surface area contributed by atoms with Crippen LogP contribution in [-0.2, 0) is 14.6 Å². The lowest BCUT2D eigenvalue weighted by molar-refractivity contribution is -0.141. The molecular weight excluding hydrogens is 663 g/mol. The average molecular weight is 698 g/mol. The summed E-state index contributed by atoms with van der Waals surface area (Å²) >= 11 is 7.53. The fourth-order valence-electron chi connectivity index (χ4n) is 5.90. The number of piperidine rings is 2. The third-order valence-corrected chi connectivity index (χ3v) is 10.9. The van der Waals surface area contributed by atoms with E-state index in [1.54, 1.807) is 35.2 Å². The van der Waals surface area contributed by atoms with Crippen molar-refractivity contribution in [2.75, 3.05) is 44.8 Å². The standard InChI is InChI=1S/C32H35ClF3N3O5S2/c1-46(42,43)18-2-17-44-23-6-3-21(4-7-23)25-20-27(45-28(25)24-8-5-22(34)19-26(24)33)29(40)38-30(41)31(9-13-37-14-10-31)39-15-11-32(35,36)12-16-39/h3-8,19-20,37H,2,9-18H2,1H3,(H,38,40,41). The predicted octanol–water partition coefficient (Wildman–Crippen LogP) is 5.80. The number of nitrogens with one attached hydrogen (secondary N) is 2. The minimum atomic E-state index is -3.09. The summed E-state index contributed by atoms with van der Waals surface area (Å²) in [6, 6.07) is 12.6. The first-order valence-electron chi connectivity index (χ1n) is 15.0. The topological polar surface area (TPSA) is 105 Å². The van der Waals surface area contributed by atoms with Crippen molar-refractivity contribution in [3.05, 3.63) is 64.2 Å². The van der Waals surface area contributed by atoms with Gasteiger partial charge in [0.1, 0.15) is 26.9 Å². The Labute approximate surface area is 275 Å². The van der Waals surface area contributed by atoms with Crippen LogP contribution in [0.15, 0.2) is 48.5 Å². The quantitative estimate of drug-likeness (QED) is 0.204. The number of likely N-dealkylation sites (tertiary alicyclic amines) is 1. The molecule has 2 fully saturated rings. The molecule has 5 rings (SSSR count). The molecule has 2 saturated heterocycles. The summed E-state index contributed by atoms with van der Waals surface area (Å²) in [6.07, 6.45) is 1.59. The molecule has 2 aliphatic rings. The number of benzene rings is 2. The van der Waals surface area contributed by atoms with E-state index in [1.807, 2.05) is 0 Å². The highest BCUT2D eigenvalue weighted by molar-refractivity contribution is 7.90. The van der Waals surface area contributed by atoms with Gasteiger partial charge in [-0.15, -0.1) is 11.3 Å². The van der Waals surface area contributed by atoms with Gasteiger partial charge in [-0.1, -0.05) is 23.7 Å². The van der Waals surface area contributed by atoms with Crippen molar-refractivity contribution in [1.82, 2.24) is 15.5 Å². The van der Waals surface area contributed by atoms with E-state index in [2.05, 4.69) is 10.6 Å². The molecule has 2 aromatic carbocycles. The van der Waals surface area contributed by atoms with Crippen LogP contribution < -0.4 is 15.4 Å². The molecule has 0 bridgehead atoms. The zero-order valence-corrected chi connectivity index (χ0v) is 27.6. The lowest BCUT2D eigenvalue weighted by atomic mass is 9.83. The summed E-state index contributed by atoms with van der Waals surface area (Å²) in [5.74, 6) is -3.90. The van der Waals surface area contributed by atoms with Crippen LogP contribution in [0.3, 0.4) is 0 Å². The number of amides is 2. The SMILES string of the molecule is CS(=O)(=O)CCCOc1ccc(-c2cc(C(=O)NC(=O)C3(N4CCC(F)(F)CC4)CCNCC3)sc2-c2ccc(F)cc2Cl)cc1. The number of carbonyl (C=O) groups excluding carboxylic acids is 2. The molecule has 2 amide bonds. The third kappa shape index (κ3) is 8.11. The van der Waals surface area contributed by atoms with Crippen molar-refractivity contribution in [1.29, 1.82) is 0 Å². The molecule has 14 heteroatoms. The average Bonchev–Trinajstić information content (AvgIpc) is 3.45. The first kappa shape index (κ1) is 34.4. The molecule has 3 heterocycles. The van der Waals surface area contributed by atoms with E-state index in [9.17, 15) is 31.2 Å². The monoisotopic (exact) mass is 697 g/mol. The van der Waals surface area contributed by atoms with E-state index in [-0.39, 0.29) is 48.2 Å². The lowest BCUT2D eigenvalue weighted by Gasteiger charge is -2.47. The van der Waals surface area contributed by atoms with E-state index in [1.165, 1.54) is 24.5 Å². The van der Waals surface area contributed by atoms with E-state index < -0.39 is 38.9 Å². The second-order valence-electron chi connectivity index (χ2n) is 11.7. The minimum Gasteiger partial charge on any atom is -0.494 e. The van der Waals surface area contributed by atoms with E-state index in [0.29, 0.717) is 59.7 Å². The highest BCUT2D eigenvalue weighted by atomic mass is 35.5. The Balaban J connectivity index is 1.40. The predicted molar refractivity (Wildman–Crippen MR) is 173 cm³/mol. The van der Waals surface area contributed by atoms with E-state index in [4.69, 9.17) is 16.3 Å². The lowest BCUT2D eigenvalue weighted by Crippen LogP contribution is -2.65. The molecule has 2 aliphatic heterocycles. The molecule has 3 aromatic rings. The van der Waals surface area contributed by atoms with E-state index >= 15 is 0 Å². The van der Waals surface area contributed by atoms with Crippen molar-refractivity contribution < 1.29 is 35.9 Å². The molecule has 1 aromatic heterocycles. The Morgan fingerprint density at radius 2 is 1.70 bits per heavy atom. The van der Waals surface area contributed by atoms with Crippen molar-refractivity contribution in [3.8, 4) is 27.3 Å². The van der Waals surface area contributed by atoms with Gasteiger partial charge in [0.15, 0.2) is 0 Å². The number of hydrogen-bond acceptors (Lipinski definition) is 8. The van der Waals surface area contributed by atoms with Gasteiger partial charge >= 0.3 is 0 Å². The highest BCUT2D eigenvalue weighted by Crippen LogP contribution is 2.43. The van der Waals surface area contributed by atoms with Gasteiger partial charge in [0.2, 0.25) is 5.91 Å².